The third-order valence-electron chi connectivity index (χ3n) is 2.52. The van der Waals surface area contributed by atoms with Crippen LogP contribution in [-0.2, 0) is 0 Å². The van der Waals surface area contributed by atoms with Crippen LogP contribution in [0.4, 0.5) is 10.2 Å². The van der Waals surface area contributed by atoms with E-state index in [-0.39, 0.29) is 16.4 Å². The van der Waals surface area contributed by atoms with Gasteiger partial charge in [0, 0.05) is 0 Å². The number of rotatable bonds is 1. The van der Waals surface area contributed by atoms with Gasteiger partial charge in [-0.25, -0.2) is 19.3 Å². The van der Waals surface area contributed by atoms with Crippen LogP contribution < -0.4 is 5.73 Å². The summed E-state index contributed by atoms with van der Waals surface area (Å²) in [7, 11) is 0. The summed E-state index contributed by atoms with van der Waals surface area (Å²) in [4.78, 5) is 14.8. The Balaban J connectivity index is 2.26. The van der Waals surface area contributed by atoms with E-state index < -0.39 is 5.82 Å². The number of nitrogens with two attached hydrogens (primary N) is 1. The summed E-state index contributed by atoms with van der Waals surface area (Å²) in [6.07, 6.45) is 1.30. The molecule has 0 aliphatic heterocycles. The number of halogens is 2. The molecule has 0 radical (unpaired) electrons. The second kappa shape index (κ2) is 3.92. The second-order valence-corrected chi connectivity index (χ2v) is 4.05. The molecule has 0 aliphatic rings. The van der Waals surface area contributed by atoms with Crippen LogP contribution in [0.5, 0.6) is 0 Å². The Bertz CT molecular complexity index is 739. The second-order valence-electron chi connectivity index (χ2n) is 3.64. The molecule has 0 saturated heterocycles. The van der Waals surface area contributed by atoms with Crippen molar-refractivity contribution in [2.45, 2.75) is 0 Å². The minimum absolute atomic E-state index is 0.0343. The number of H-pyrrole nitrogens is 1. The topological polar surface area (TPSA) is 80.5 Å². The van der Waals surface area contributed by atoms with E-state index in [4.69, 9.17) is 17.3 Å². The lowest BCUT2D eigenvalue weighted by atomic mass is 10.2. The summed E-state index contributed by atoms with van der Waals surface area (Å²) in [6.45, 7) is 0. The van der Waals surface area contributed by atoms with Crippen LogP contribution >= 0.6 is 11.6 Å². The van der Waals surface area contributed by atoms with E-state index in [9.17, 15) is 4.39 Å². The Kier molecular flexibility index (Phi) is 2.38. The van der Waals surface area contributed by atoms with Crippen molar-refractivity contribution in [2.75, 3.05) is 5.73 Å². The largest absolute Gasteiger partial charge is 0.382 e. The molecule has 90 valence electrons. The van der Waals surface area contributed by atoms with Crippen LogP contribution in [0, 0.1) is 5.82 Å². The van der Waals surface area contributed by atoms with Gasteiger partial charge in [0.25, 0.3) is 0 Å². The van der Waals surface area contributed by atoms with Gasteiger partial charge in [0.15, 0.2) is 17.3 Å². The van der Waals surface area contributed by atoms with Crippen molar-refractivity contribution in [1.29, 1.82) is 0 Å². The van der Waals surface area contributed by atoms with E-state index in [1.54, 1.807) is 12.1 Å². The first-order chi connectivity index (χ1) is 8.66. The maximum atomic E-state index is 13.9. The summed E-state index contributed by atoms with van der Waals surface area (Å²) >= 11 is 5.72. The molecule has 3 N–H and O–H groups in total. The maximum absolute atomic E-state index is 13.9. The number of nitrogen functional groups attached to an aromatic ring is 1. The number of hydrogen-bond acceptors (Lipinski definition) is 4. The van der Waals surface area contributed by atoms with Crippen LogP contribution in [0.1, 0.15) is 0 Å². The normalized spacial score (nSPS) is 11.0. The third-order valence-corrected chi connectivity index (χ3v) is 2.82. The maximum Gasteiger partial charge on any atom is 0.183 e. The fraction of sp³-hybridized carbons (Fsp3) is 0. The van der Waals surface area contributed by atoms with Gasteiger partial charge in [-0.3, -0.25) is 0 Å². The molecule has 3 rings (SSSR count). The van der Waals surface area contributed by atoms with E-state index in [0.29, 0.717) is 17.0 Å². The SMILES string of the molecule is Nc1ncnc2nc(-c3cccc(Cl)c3F)[nH]c12. The van der Waals surface area contributed by atoms with Gasteiger partial charge in [-0.05, 0) is 12.1 Å². The molecule has 0 saturated carbocycles. The fourth-order valence-electron chi connectivity index (χ4n) is 1.66. The number of aromatic nitrogens is 4. The predicted octanol–water partition coefficient (Wildman–Crippen LogP) is 2.39. The highest BCUT2D eigenvalue weighted by Crippen LogP contribution is 2.27. The molecule has 1 aromatic carbocycles. The number of nitrogens with one attached hydrogen (secondary N) is 1. The van der Waals surface area contributed by atoms with Crippen LogP contribution in [0.15, 0.2) is 24.5 Å². The zero-order valence-corrected chi connectivity index (χ0v) is 9.74. The van der Waals surface area contributed by atoms with Gasteiger partial charge in [-0.2, -0.15) is 0 Å². The molecule has 3 aromatic rings. The Morgan fingerprint density at radius 2 is 2.11 bits per heavy atom. The summed E-state index contributed by atoms with van der Waals surface area (Å²) in [5.41, 5.74) is 6.80. The van der Waals surface area contributed by atoms with Crippen LogP contribution in [0.25, 0.3) is 22.6 Å². The van der Waals surface area contributed by atoms with Gasteiger partial charge in [-0.1, -0.05) is 17.7 Å². The average Bonchev–Trinajstić information content (AvgIpc) is 2.78. The molecule has 0 fully saturated rings. The number of imidazole rings is 1. The first-order valence-corrected chi connectivity index (χ1v) is 5.45. The third kappa shape index (κ3) is 1.58. The van der Waals surface area contributed by atoms with E-state index >= 15 is 0 Å². The molecule has 0 bridgehead atoms. The summed E-state index contributed by atoms with van der Waals surface area (Å²) in [5.74, 6) is 0.0446. The van der Waals surface area contributed by atoms with Crippen molar-refractivity contribution in [1.82, 2.24) is 19.9 Å². The van der Waals surface area contributed by atoms with Gasteiger partial charge < -0.3 is 10.7 Å². The smallest absolute Gasteiger partial charge is 0.183 e. The summed E-state index contributed by atoms with van der Waals surface area (Å²) in [5, 5.41) is 0.0343. The number of hydrogen-bond donors (Lipinski definition) is 2. The molecule has 0 spiro atoms. The first kappa shape index (κ1) is 10.9. The summed E-state index contributed by atoms with van der Waals surface area (Å²) in [6, 6.07) is 4.68. The van der Waals surface area contributed by atoms with Crippen molar-refractivity contribution in [3.05, 3.63) is 35.4 Å². The number of fused-ring (bicyclic) bond motifs is 1. The molecular weight excluding hydrogens is 257 g/mol. The van der Waals surface area contributed by atoms with Crippen molar-refractivity contribution < 1.29 is 4.39 Å². The van der Waals surface area contributed by atoms with Crippen molar-refractivity contribution in [3.8, 4) is 11.4 Å². The lowest BCUT2D eigenvalue weighted by molar-refractivity contribution is 0.630. The van der Waals surface area contributed by atoms with E-state index in [1.807, 2.05) is 0 Å². The molecule has 5 nitrogen and oxygen atoms in total. The molecule has 7 heteroatoms. The van der Waals surface area contributed by atoms with Crippen molar-refractivity contribution in [3.63, 3.8) is 0 Å². The van der Waals surface area contributed by atoms with Gasteiger partial charge >= 0.3 is 0 Å². The zero-order valence-electron chi connectivity index (χ0n) is 8.98. The molecule has 0 amide bonds. The van der Waals surface area contributed by atoms with E-state index in [0.717, 1.165) is 0 Å². The lowest BCUT2D eigenvalue weighted by Gasteiger charge is -2.00. The average molecular weight is 264 g/mol. The minimum atomic E-state index is -0.537. The Morgan fingerprint density at radius 1 is 1.28 bits per heavy atom. The molecule has 0 unspecified atom stereocenters. The molecule has 0 atom stereocenters. The number of nitrogens with zero attached hydrogens (tertiary/aromatic N) is 3. The molecule has 18 heavy (non-hydrogen) atoms. The zero-order chi connectivity index (χ0) is 12.7. The first-order valence-electron chi connectivity index (χ1n) is 5.07. The van der Waals surface area contributed by atoms with E-state index in [1.165, 1.54) is 12.4 Å². The highest BCUT2D eigenvalue weighted by atomic mass is 35.5. The van der Waals surface area contributed by atoms with Gasteiger partial charge in [-0.15, -0.1) is 0 Å². The Hall–Kier alpha value is -2.21. The fourth-order valence-corrected chi connectivity index (χ4v) is 1.84. The Labute approximate surface area is 106 Å². The van der Waals surface area contributed by atoms with Gasteiger partial charge in [0.1, 0.15) is 17.7 Å². The van der Waals surface area contributed by atoms with Crippen LogP contribution in [0.3, 0.4) is 0 Å². The van der Waals surface area contributed by atoms with Gasteiger partial charge in [0.05, 0.1) is 10.6 Å². The lowest BCUT2D eigenvalue weighted by Crippen LogP contribution is -1.91. The molecule has 2 aromatic heterocycles. The van der Waals surface area contributed by atoms with E-state index in [2.05, 4.69) is 19.9 Å². The van der Waals surface area contributed by atoms with Crippen LogP contribution in [-0.4, -0.2) is 19.9 Å². The minimum Gasteiger partial charge on any atom is -0.382 e. The molecular formula is C11H7ClFN5. The highest BCUT2D eigenvalue weighted by molar-refractivity contribution is 6.31. The van der Waals surface area contributed by atoms with Gasteiger partial charge in [0.2, 0.25) is 0 Å². The van der Waals surface area contributed by atoms with Crippen molar-refractivity contribution in [2.24, 2.45) is 0 Å². The monoisotopic (exact) mass is 263 g/mol. The Morgan fingerprint density at radius 3 is 2.89 bits per heavy atom. The predicted molar refractivity (Wildman–Crippen MR) is 66.5 cm³/mol. The molecule has 0 aliphatic carbocycles. The standard InChI is InChI=1S/C11H7ClFN5/c12-6-3-1-2-5(7(6)13)10-17-8-9(14)15-4-16-11(8)18-10/h1-4H,(H3,14,15,16,17,18). The number of anilines is 1. The summed E-state index contributed by atoms with van der Waals surface area (Å²) < 4.78 is 13.9. The number of benzene rings is 1. The molecule has 2 heterocycles. The van der Waals surface area contributed by atoms with Crippen molar-refractivity contribution >= 4 is 28.6 Å². The highest BCUT2D eigenvalue weighted by Gasteiger charge is 2.14. The van der Waals surface area contributed by atoms with Crippen LogP contribution in [0.2, 0.25) is 5.02 Å². The quantitative estimate of drug-likeness (QED) is 0.706. The number of aromatic amines is 1.